The normalized spacial score (nSPS) is 12.7. The van der Waals surface area contributed by atoms with Gasteiger partial charge in [-0.1, -0.05) is 36.9 Å². The summed E-state index contributed by atoms with van der Waals surface area (Å²) in [5.41, 5.74) is -1.58. The highest BCUT2D eigenvalue weighted by Crippen LogP contribution is 2.38. The smallest absolute Gasteiger partial charge is 0.314 e. The third-order valence-corrected chi connectivity index (χ3v) is 5.31. The molecule has 0 amide bonds. The van der Waals surface area contributed by atoms with Gasteiger partial charge in [-0.15, -0.1) is 0 Å². The van der Waals surface area contributed by atoms with Crippen molar-refractivity contribution in [1.82, 2.24) is 9.55 Å². The maximum absolute atomic E-state index is 13.5. The predicted molar refractivity (Wildman–Crippen MR) is 96.3 cm³/mol. The molecule has 0 saturated carbocycles. The topological polar surface area (TPSA) is 17.8 Å². The molecule has 0 aliphatic carbocycles. The molecule has 0 atom stereocenters. The fourth-order valence-corrected chi connectivity index (χ4v) is 3.70. The number of benzene rings is 2. The zero-order valence-corrected chi connectivity index (χ0v) is 15.5. The lowest BCUT2D eigenvalue weighted by atomic mass is 10.0. The van der Waals surface area contributed by atoms with Crippen LogP contribution in [0.25, 0.3) is 11.0 Å². The Morgan fingerprint density at radius 2 is 1.68 bits per heavy atom. The summed E-state index contributed by atoms with van der Waals surface area (Å²) in [6, 6.07) is 8.75. The quantitative estimate of drug-likeness (QED) is 0.342. The van der Waals surface area contributed by atoms with Crippen LogP contribution in [0, 0.1) is 0 Å². The number of aromatic nitrogens is 2. The van der Waals surface area contributed by atoms with E-state index in [2.05, 4.69) is 4.98 Å². The van der Waals surface area contributed by atoms with Crippen LogP contribution < -0.4 is 0 Å². The second-order valence-electron chi connectivity index (χ2n) is 6.19. The number of rotatable bonds is 5. The van der Waals surface area contributed by atoms with Gasteiger partial charge in [-0.2, -0.15) is 26.3 Å². The summed E-state index contributed by atoms with van der Waals surface area (Å²) in [4.78, 5) is 4.46. The maximum Gasteiger partial charge on any atom is 0.416 e. The second-order valence-corrected chi connectivity index (χ2v) is 7.25. The molecule has 3 rings (SSSR count). The van der Waals surface area contributed by atoms with E-state index in [0.717, 1.165) is 18.2 Å². The summed E-state index contributed by atoms with van der Waals surface area (Å²) in [6.45, 7) is 1.75. The molecule has 1 heterocycles. The molecule has 9 heteroatoms. The fourth-order valence-electron chi connectivity index (χ4n) is 2.83. The van der Waals surface area contributed by atoms with Crippen molar-refractivity contribution in [3.8, 4) is 0 Å². The molecule has 2 nitrogen and oxygen atoms in total. The average molecular weight is 418 g/mol. The van der Waals surface area contributed by atoms with Gasteiger partial charge in [-0.05, 0) is 36.2 Å². The second kappa shape index (κ2) is 7.69. The van der Waals surface area contributed by atoms with Crippen LogP contribution in [0.5, 0.6) is 0 Å². The Bertz CT molecular complexity index is 975. The Morgan fingerprint density at radius 3 is 2.32 bits per heavy atom. The van der Waals surface area contributed by atoms with E-state index in [0.29, 0.717) is 22.3 Å². The van der Waals surface area contributed by atoms with Gasteiger partial charge in [-0.3, -0.25) is 0 Å². The van der Waals surface area contributed by atoms with Crippen molar-refractivity contribution in [3.05, 3.63) is 59.2 Å². The molecular weight excluding hydrogens is 402 g/mol. The van der Waals surface area contributed by atoms with Crippen molar-refractivity contribution in [1.29, 1.82) is 0 Å². The van der Waals surface area contributed by atoms with E-state index in [1.165, 1.54) is 11.8 Å². The van der Waals surface area contributed by atoms with Crippen LogP contribution in [0.15, 0.2) is 47.6 Å². The Balaban J connectivity index is 2.11. The third-order valence-electron chi connectivity index (χ3n) is 4.13. The number of hydrogen-bond acceptors (Lipinski definition) is 2. The number of fused-ring (bicyclic) bond motifs is 1. The van der Waals surface area contributed by atoms with Gasteiger partial charge in [0.25, 0.3) is 0 Å². The van der Waals surface area contributed by atoms with E-state index in [1.807, 2.05) is 6.92 Å². The van der Waals surface area contributed by atoms with E-state index in [9.17, 15) is 26.3 Å². The number of halogens is 6. The van der Waals surface area contributed by atoms with Crippen molar-refractivity contribution in [2.24, 2.45) is 0 Å². The summed E-state index contributed by atoms with van der Waals surface area (Å²) in [5, 5.41) is 0.538. The molecule has 0 aliphatic heterocycles. The number of hydrogen-bond donors (Lipinski definition) is 0. The summed E-state index contributed by atoms with van der Waals surface area (Å²) in [7, 11) is 0. The first-order chi connectivity index (χ1) is 13.1. The molecule has 28 heavy (non-hydrogen) atoms. The number of nitrogens with zero attached hydrogens (tertiary/aromatic N) is 2. The van der Waals surface area contributed by atoms with Crippen molar-refractivity contribution in [2.45, 2.75) is 37.4 Å². The summed E-state index contributed by atoms with van der Waals surface area (Å²) >= 11 is 1.40. The molecule has 150 valence electrons. The first kappa shape index (κ1) is 20.6. The number of alkyl halides is 6. The molecule has 0 fully saturated rings. The lowest BCUT2D eigenvalue weighted by Gasteiger charge is -2.17. The first-order valence-electron chi connectivity index (χ1n) is 8.46. The standard InChI is InChI=1S/C19H16F6N2S/c1-2-9-28-17-26-15-5-3-4-6-16(15)27(17)11-12-7-8-13(18(20,21)22)10-14(12)19(23,24)25/h3-8,10H,2,9,11H2,1H3. The number of imidazole rings is 1. The van der Waals surface area contributed by atoms with Gasteiger partial charge in [0.15, 0.2) is 5.16 Å². The van der Waals surface area contributed by atoms with Crippen LogP contribution in [0.1, 0.15) is 30.0 Å². The van der Waals surface area contributed by atoms with Gasteiger partial charge in [0.1, 0.15) is 0 Å². The zero-order chi connectivity index (χ0) is 20.5. The summed E-state index contributed by atoms with van der Waals surface area (Å²) in [5.74, 6) is 0.725. The Hall–Kier alpha value is -2.16. The highest BCUT2D eigenvalue weighted by atomic mass is 32.2. The van der Waals surface area contributed by atoms with Crippen molar-refractivity contribution >= 4 is 22.8 Å². The van der Waals surface area contributed by atoms with Gasteiger partial charge >= 0.3 is 12.4 Å². The fraction of sp³-hybridized carbons (Fsp3) is 0.316. The Morgan fingerprint density at radius 1 is 0.964 bits per heavy atom. The first-order valence-corrected chi connectivity index (χ1v) is 9.45. The lowest BCUT2D eigenvalue weighted by Crippen LogP contribution is -2.15. The largest absolute Gasteiger partial charge is 0.416 e. The van der Waals surface area contributed by atoms with Gasteiger partial charge in [0, 0.05) is 5.75 Å². The van der Waals surface area contributed by atoms with Crippen LogP contribution in [0.4, 0.5) is 26.3 Å². The molecule has 0 spiro atoms. The van der Waals surface area contributed by atoms with Crippen LogP contribution in [-0.2, 0) is 18.9 Å². The zero-order valence-electron chi connectivity index (χ0n) is 14.7. The van der Waals surface area contributed by atoms with E-state index in [-0.39, 0.29) is 18.2 Å². The van der Waals surface area contributed by atoms with Crippen LogP contribution >= 0.6 is 11.8 Å². The van der Waals surface area contributed by atoms with Crippen LogP contribution in [-0.4, -0.2) is 15.3 Å². The third kappa shape index (κ3) is 4.29. The van der Waals surface area contributed by atoms with Crippen LogP contribution in [0.3, 0.4) is 0 Å². The molecular formula is C19H16F6N2S. The molecule has 0 bridgehead atoms. The van der Waals surface area contributed by atoms with E-state index >= 15 is 0 Å². The maximum atomic E-state index is 13.5. The molecule has 0 unspecified atom stereocenters. The molecule has 3 aromatic rings. The average Bonchev–Trinajstić information content (AvgIpc) is 2.96. The molecule has 2 aromatic carbocycles. The van der Waals surface area contributed by atoms with Gasteiger partial charge in [-0.25, -0.2) is 4.98 Å². The van der Waals surface area contributed by atoms with Gasteiger partial charge < -0.3 is 4.57 Å². The summed E-state index contributed by atoms with van der Waals surface area (Å²) < 4.78 is 80.7. The van der Waals surface area contributed by atoms with Gasteiger partial charge in [0.2, 0.25) is 0 Å². The lowest BCUT2D eigenvalue weighted by molar-refractivity contribution is -0.143. The highest BCUT2D eigenvalue weighted by Gasteiger charge is 2.38. The monoisotopic (exact) mass is 418 g/mol. The van der Waals surface area contributed by atoms with Crippen molar-refractivity contribution in [2.75, 3.05) is 5.75 Å². The summed E-state index contributed by atoms with van der Waals surface area (Å²) in [6.07, 6.45) is -8.89. The van der Waals surface area contributed by atoms with Gasteiger partial charge in [0.05, 0.1) is 28.7 Å². The Kier molecular flexibility index (Phi) is 5.65. The van der Waals surface area contributed by atoms with Crippen molar-refractivity contribution in [3.63, 3.8) is 0 Å². The van der Waals surface area contributed by atoms with E-state index in [4.69, 9.17) is 0 Å². The van der Waals surface area contributed by atoms with Crippen LogP contribution in [0.2, 0.25) is 0 Å². The minimum absolute atomic E-state index is 0.174. The molecule has 0 N–H and O–H groups in total. The SMILES string of the molecule is CCCSc1nc2ccccc2n1Cc1ccc(C(F)(F)F)cc1C(F)(F)F. The highest BCUT2D eigenvalue weighted by molar-refractivity contribution is 7.99. The predicted octanol–water partition coefficient (Wildman–Crippen LogP) is 6.62. The molecule has 0 aliphatic rings. The number of thioether (sulfide) groups is 1. The molecule has 1 aromatic heterocycles. The minimum atomic E-state index is -4.90. The Labute approximate surface area is 161 Å². The minimum Gasteiger partial charge on any atom is -0.314 e. The van der Waals surface area contributed by atoms with Crippen molar-refractivity contribution < 1.29 is 26.3 Å². The van der Waals surface area contributed by atoms with E-state index < -0.39 is 23.5 Å². The number of para-hydroxylation sites is 2. The molecule has 0 radical (unpaired) electrons. The molecule has 0 saturated heterocycles. The van der Waals surface area contributed by atoms with E-state index in [1.54, 1.807) is 28.8 Å².